The van der Waals surface area contributed by atoms with Gasteiger partial charge in [-0.2, -0.15) is 0 Å². The molecular weight excluding hydrogens is 328 g/mol. The molecule has 0 aromatic carbocycles. The summed E-state index contributed by atoms with van der Waals surface area (Å²) in [5.74, 6) is 1.69. The van der Waals surface area contributed by atoms with Gasteiger partial charge < -0.3 is 15.4 Å². The highest BCUT2D eigenvalue weighted by atomic mass is 16.5. The van der Waals surface area contributed by atoms with Gasteiger partial charge in [0.2, 0.25) is 0 Å². The molecule has 2 N–H and O–H groups in total. The second-order valence-corrected chi connectivity index (χ2v) is 6.87. The molecule has 140 valence electrons. The lowest BCUT2D eigenvalue weighted by molar-refractivity contribution is 0.0732. The predicted molar refractivity (Wildman–Crippen MR) is 102 cm³/mol. The first-order chi connectivity index (χ1) is 12.7. The van der Waals surface area contributed by atoms with Crippen molar-refractivity contribution in [2.75, 3.05) is 27.3 Å². The summed E-state index contributed by atoms with van der Waals surface area (Å²) in [6.45, 7) is 2.45. The zero-order valence-corrected chi connectivity index (χ0v) is 15.6. The molecule has 0 spiro atoms. The number of methoxy groups -OCH3 is 1. The average Bonchev–Trinajstić information content (AvgIpc) is 3.18. The maximum Gasteiger partial charge on any atom is 0.191 e. The third-order valence-electron chi connectivity index (χ3n) is 5.14. The Bertz CT molecular complexity index is 709. The summed E-state index contributed by atoms with van der Waals surface area (Å²) in [6, 6.07) is 4.06. The standard InChI is InChI=1S/C19H28N6O/c1-20-18(24-14-19(5-3-6-19)7-11-26-2)23-13-16-4-8-22-17(12-16)25-10-9-21-15-25/h4,8-10,12,15H,3,5-7,11,13-14H2,1-2H3,(H2,20,23,24). The predicted octanol–water partition coefficient (Wildman–Crippen LogP) is 2.14. The van der Waals surface area contributed by atoms with Crippen molar-refractivity contribution in [3.63, 3.8) is 0 Å². The van der Waals surface area contributed by atoms with E-state index < -0.39 is 0 Å². The molecule has 2 aromatic rings. The van der Waals surface area contributed by atoms with Crippen LogP contribution in [0.25, 0.3) is 5.82 Å². The maximum atomic E-state index is 5.27. The molecule has 7 nitrogen and oxygen atoms in total. The lowest BCUT2D eigenvalue weighted by Crippen LogP contribution is -2.46. The van der Waals surface area contributed by atoms with Gasteiger partial charge in [0.1, 0.15) is 12.1 Å². The summed E-state index contributed by atoms with van der Waals surface area (Å²) < 4.78 is 7.16. The molecule has 1 aliphatic rings. The smallest absolute Gasteiger partial charge is 0.191 e. The number of nitrogens with one attached hydrogen (secondary N) is 2. The van der Waals surface area contributed by atoms with Crippen molar-refractivity contribution in [3.05, 3.63) is 42.6 Å². The number of aromatic nitrogens is 3. The third kappa shape index (κ3) is 4.60. The van der Waals surface area contributed by atoms with E-state index in [0.717, 1.165) is 36.9 Å². The van der Waals surface area contributed by atoms with E-state index >= 15 is 0 Å². The second kappa shape index (κ2) is 8.80. The number of guanidine groups is 1. The number of nitrogens with zero attached hydrogens (tertiary/aromatic N) is 4. The molecule has 0 bridgehead atoms. The first-order valence-electron chi connectivity index (χ1n) is 9.11. The summed E-state index contributed by atoms with van der Waals surface area (Å²) in [6.07, 6.45) is 12.1. The minimum absolute atomic E-state index is 0.360. The molecule has 0 amide bonds. The van der Waals surface area contributed by atoms with E-state index in [0.29, 0.717) is 12.0 Å². The van der Waals surface area contributed by atoms with E-state index in [1.165, 1.54) is 19.3 Å². The normalized spacial score (nSPS) is 16.2. The number of imidazole rings is 1. The minimum Gasteiger partial charge on any atom is -0.385 e. The average molecular weight is 356 g/mol. The molecule has 1 saturated carbocycles. The molecule has 3 rings (SSSR count). The van der Waals surface area contributed by atoms with Crippen LogP contribution >= 0.6 is 0 Å². The zero-order chi connectivity index (χ0) is 18.2. The molecule has 0 aliphatic heterocycles. The number of ether oxygens (including phenoxy) is 1. The van der Waals surface area contributed by atoms with E-state index in [9.17, 15) is 0 Å². The number of pyridine rings is 1. The molecule has 0 unspecified atom stereocenters. The monoisotopic (exact) mass is 356 g/mol. The number of hydrogen-bond donors (Lipinski definition) is 2. The topological polar surface area (TPSA) is 76.4 Å². The highest BCUT2D eigenvalue weighted by molar-refractivity contribution is 5.79. The summed E-state index contributed by atoms with van der Waals surface area (Å²) >= 11 is 0. The lowest BCUT2D eigenvalue weighted by atomic mass is 9.67. The van der Waals surface area contributed by atoms with Gasteiger partial charge in [-0.25, -0.2) is 9.97 Å². The summed E-state index contributed by atoms with van der Waals surface area (Å²) in [4.78, 5) is 12.8. The Morgan fingerprint density at radius 2 is 2.23 bits per heavy atom. The molecule has 0 radical (unpaired) electrons. The Morgan fingerprint density at radius 3 is 2.88 bits per heavy atom. The Hall–Kier alpha value is -2.41. The molecule has 0 saturated heterocycles. The van der Waals surface area contributed by atoms with Crippen molar-refractivity contribution in [3.8, 4) is 5.82 Å². The van der Waals surface area contributed by atoms with Crippen molar-refractivity contribution in [2.45, 2.75) is 32.2 Å². The largest absolute Gasteiger partial charge is 0.385 e. The summed E-state index contributed by atoms with van der Waals surface area (Å²) in [7, 11) is 3.58. The molecule has 2 aromatic heterocycles. The molecule has 26 heavy (non-hydrogen) atoms. The van der Waals surface area contributed by atoms with Crippen LogP contribution < -0.4 is 10.6 Å². The fourth-order valence-electron chi connectivity index (χ4n) is 3.29. The van der Waals surface area contributed by atoms with Gasteiger partial charge in [-0.1, -0.05) is 6.42 Å². The first kappa shape index (κ1) is 18.4. The van der Waals surface area contributed by atoms with Crippen LogP contribution in [-0.4, -0.2) is 47.8 Å². The van der Waals surface area contributed by atoms with Crippen molar-refractivity contribution in [2.24, 2.45) is 10.4 Å². The van der Waals surface area contributed by atoms with Crippen LogP contribution in [0, 0.1) is 5.41 Å². The van der Waals surface area contributed by atoms with Crippen molar-refractivity contribution in [1.29, 1.82) is 0 Å². The summed E-state index contributed by atoms with van der Waals surface area (Å²) in [5, 5.41) is 6.88. The lowest BCUT2D eigenvalue weighted by Gasteiger charge is -2.42. The zero-order valence-electron chi connectivity index (χ0n) is 15.6. The van der Waals surface area contributed by atoms with Gasteiger partial charge in [0, 0.05) is 52.4 Å². The van der Waals surface area contributed by atoms with Gasteiger partial charge in [0.05, 0.1) is 0 Å². The van der Waals surface area contributed by atoms with E-state index in [1.54, 1.807) is 26.7 Å². The van der Waals surface area contributed by atoms with Crippen LogP contribution in [0.3, 0.4) is 0 Å². The van der Waals surface area contributed by atoms with Crippen LogP contribution in [0.15, 0.2) is 42.0 Å². The Balaban J connectivity index is 1.52. The van der Waals surface area contributed by atoms with E-state index in [1.807, 2.05) is 29.1 Å². The number of hydrogen-bond acceptors (Lipinski definition) is 4. The highest BCUT2D eigenvalue weighted by Gasteiger charge is 2.36. The fraction of sp³-hybridized carbons (Fsp3) is 0.526. The van der Waals surface area contributed by atoms with E-state index in [2.05, 4.69) is 25.6 Å². The minimum atomic E-state index is 0.360. The quantitative estimate of drug-likeness (QED) is 0.560. The van der Waals surface area contributed by atoms with Gasteiger partial charge in [-0.05, 0) is 42.4 Å². The maximum absolute atomic E-state index is 5.27. The van der Waals surface area contributed by atoms with Crippen LogP contribution in [0.5, 0.6) is 0 Å². The van der Waals surface area contributed by atoms with Crippen LogP contribution in [0.4, 0.5) is 0 Å². The number of aliphatic imine (C=N–C) groups is 1. The van der Waals surface area contributed by atoms with Crippen LogP contribution in [0.2, 0.25) is 0 Å². The van der Waals surface area contributed by atoms with E-state index in [4.69, 9.17) is 4.74 Å². The van der Waals surface area contributed by atoms with Crippen molar-refractivity contribution >= 4 is 5.96 Å². The summed E-state index contributed by atoms with van der Waals surface area (Å²) in [5.41, 5.74) is 1.50. The SMILES string of the molecule is CN=C(NCc1ccnc(-n2ccnc2)c1)NCC1(CCOC)CCC1. The van der Waals surface area contributed by atoms with Gasteiger partial charge in [0.15, 0.2) is 5.96 Å². The molecular formula is C19H28N6O. The molecule has 0 atom stereocenters. The van der Waals surface area contributed by atoms with Crippen LogP contribution in [0.1, 0.15) is 31.2 Å². The van der Waals surface area contributed by atoms with Gasteiger partial charge in [0.25, 0.3) is 0 Å². The van der Waals surface area contributed by atoms with Crippen molar-refractivity contribution in [1.82, 2.24) is 25.2 Å². The highest BCUT2D eigenvalue weighted by Crippen LogP contribution is 2.43. The third-order valence-corrected chi connectivity index (χ3v) is 5.14. The molecule has 2 heterocycles. The van der Waals surface area contributed by atoms with Gasteiger partial charge >= 0.3 is 0 Å². The number of rotatable bonds is 8. The Morgan fingerprint density at radius 1 is 1.35 bits per heavy atom. The van der Waals surface area contributed by atoms with Gasteiger partial charge in [-0.3, -0.25) is 9.56 Å². The second-order valence-electron chi connectivity index (χ2n) is 6.87. The Kier molecular flexibility index (Phi) is 6.22. The molecule has 1 fully saturated rings. The van der Waals surface area contributed by atoms with Gasteiger partial charge in [-0.15, -0.1) is 0 Å². The van der Waals surface area contributed by atoms with Crippen molar-refractivity contribution < 1.29 is 4.74 Å². The van der Waals surface area contributed by atoms with Crippen LogP contribution in [-0.2, 0) is 11.3 Å². The Labute approximate surface area is 154 Å². The molecule has 1 aliphatic carbocycles. The first-order valence-corrected chi connectivity index (χ1v) is 9.11. The fourth-order valence-corrected chi connectivity index (χ4v) is 3.29. The van der Waals surface area contributed by atoms with E-state index in [-0.39, 0.29) is 0 Å². The molecule has 7 heteroatoms.